The minimum atomic E-state index is -0.140. The zero-order valence-corrected chi connectivity index (χ0v) is 13.6. The number of rotatable bonds is 5. The third-order valence-corrected chi connectivity index (χ3v) is 4.10. The molecular formula is C18H17N3OS. The Hall–Kier alpha value is -2.53. The van der Waals surface area contributed by atoms with Gasteiger partial charge in [-0.2, -0.15) is 16.9 Å². The molecular weight excluding hydrogens is 306 g/mol. The van der Waals surface area contributed by atoms with Crippen LogP contribution in [0.2, 0.25) is 0 Å². The Morgan fingerprint density at radius 2 is 1.87 bits per heavy atom. The van der Waals surface area contributed by atoms with E-state index in [-0.39, 0.29) is 5.91 Å². The second-order valence-electron chi connectivity index (χ2n) is 5.11. The molecule has 4 nitrogen and oxygen atoms in total. The van der Waals surface area contributed by atoms with Crippen LogP contribution in [0.15, 0.2) is 60.8 Å². The number of anilines is 1. The van der Waals surface area contributed by atoms with E-state index in [2.05, 4.69) is 21.8 Å². The van der Waals surface area contributed by atoms with Gasteiger partial charge in [0.1, 0.15) is 0 Å². The average Bonchev–Trinajstić information content (AvgIpc) is 3.05. The number of carbonyl (C=O) groups excluding carboxylic acids is 1. The van der Waals surface area contributed by atoms with Crippen LogP contribution < -0.4 is 5.32 Å². The molecule has 0 fully saturated rings. The van der Waals surface area contributed by atoms with E-state index >= 15 is 0 Å². The van der Waals surface area contributed by atoms with Crippen LogP contribution in [0, 0.1) is 0 Å². The number of hydrogen-bond donors (Lipinski definition) is 2. The smallest absolute Gasteiger partial charge is 0.255 e. The molecule has 0 bridgehead atoms. The monoisotopic (exact) mass is 323 g/mol. The second kappa shape index (κ2) is 7.15. The SMILES string of the molecule is CSCc1ccc(C(=O)Nc2cn[nH]c2-c2ccccc2)cc1. The first kappa shape index (κ1) is 15.4. The van der Waals surface area contributed by atoms with Crippen LogP contribution in [0.5, 0.6) is 0 Å². The van der Waals surface area contributed by atoms with E-state index in [9.17, 15) is 4.79 Å². The quantitative estimate of drug-likeness (QED) is 0.740. The summed E-state index contributed by atoms with van der Waals surface area (Å²) >= 11 is 1.76. The fourth-order valence-corrected chi connectivity index (χ4v) is 2.85. The third kappa shape index (κ3) is 3.63. The predicted molar refractivity (Wildman–Crippen MR) is 95.6 cm³/mol. The number of nitrogens with zero attached hydrogens (tertiary/aromatic N) is 1. The number of thioether (sulfide) groups is 1. The summed E-state index contributed by atoms with van der Waals surface area (Å²) in [6.07, 6.45) is 3.69. The van der Waals surface area contributed by atoms with E-state index in [1.165, 1.54) is 5.56 Å². The van der Waals surface area contributed by atoms with Gasteiger partial charge < -0.3 is 5.32 Å². The first-order valence-electron chi connectivity index (χ1n) is 7.26. The molecule has 0 unspecified atom stereocenters. The van der Waals surface area contributed by atoms with E-state index in [0.29, 0.717) is 11.3 Å². The highest BCUT2D eigenvalue weighted by Crippen LogP contribution is 2.25. The van der Waals surface area contributed by atoms with Crippen molar-refractivity contribution in [2.45, 2.75) is 5.75 Å². The van der Waals surface area contributed by atoms with Crippen LogP contribution >= 0.6 is 11.8 Å². The number of H-pyrrole nitrogens is 1. The number of benzene rings is 2. The maximum atomic E-state index is 12.4. The van der Waals surface area contributed by atoms with Gasteiger partial charge in [0.2, 0.25) is 0 Å². The Kier molecular flexibility index (Phi) is 4.78. The maximum Gasteiger partial charge on any atom is 0.255 e. The van der Waals surface area contributed by atoms with Crippen molar-refractivity contribution in [2.24, 2.45) is 0 Å². The zero-order chi connectivity index (χ0) is 16.1. The highest BCUT2D eigenvalue weighted by molar-refractivity contribution is 7.97. The fraction of sp³-hybridized carbons (Fsp3) is 0.111. The van der Waals surface area contributed by atoms with Crippen molar-refractivity contribution >= 4 is 23.4 Å². The summed E-state index contributed by atoms with van der Waals surface area (Å²) in [6, 6.07) is 17.5. The number of aromatic amines is 1. The molecule has 1 heterocycles. The van der Waals surface area contributed by atoms with Gasteiger partial charge >= 0.3 is 0 Å². The summed E-state index contributed by atoms with van der Waals surface area (Å²) in [5.41, 5.74) is 4.31. The molecule has 3 rings (SSSR count). The Bertz CT molecular complexity index is 782. The van der Waals surface area contributed by atoms with Gasteiger partial charge in [-0.05, 0) is 24.0 Å². The standard InChI is InChI=1S/C18H17N3OS/c1-23-12-13-7-9-15(10-8-13)18(22)20-16-11-19-21-17(16)14-5-3-2-4-6-14/h2-11H,12H2,1H3,(H,19,21)(H,20,22). The van der Waals surface area contributed by atoms with Crippen molar-refractivity contribution in [3.63, 3.8) is 0 Å². The van der Waals surface area contributed by atoms with E-state index in [0.717, 1.165) is 17.0 Å². The lowest BCUT2D eigenvalue weighted by molar-refractivity contribution is 0.102. The van der Waals surface area contributed by atoms with Crippen molar-refractivity contribution < 1.29 is 4.79 Å². The summed E-state index contributed by atoms with van der Waals surface area (Å²) in [4.78, 5) is 12.4. The number of nitrogens with one attached hydrogen (secondary N) is 2. The number of carbonyl (C=O) groups is 1. The number of aromatic nitrogens is 2. The van der Waals surface area contributed by atoms with E-state index < -0.39 is 0 Å². The fourth-order valence-electron chi connectivity index (χ4n) is 2.32. The van der Waals surface area contributed by atoms with Crippen molar-refractivity contribution in [1.29, 1.82) is 0 Å². The molecule has 0 saturated carbocycles. The zero-order valence-electron chi connectivity index (χ0n) is 12.7. The van der Waals surface area contributed by atoms with Gasteiger partial charge in [-0.15, -0.1) is 0 Å². The molecule has 0 aliphatic rings. The van der Waals surface area contributed by atoms with Gasteiger partial charge in [-0.1, -0.05) is 42.5 Å². The van der Waals surface area contributed by atoms with Gasteiger partial charge in [0.15, 0.2) is 0 Å². The summed E-state index contributed by atoms with van der Waals surface area (Å²) in [5.74, 6) is 0.807. The van der Waals surface area contributed by atoms with Gasteiger partial charge in [-0.3, -0.25) is 9.89 Å². The molecule has 1 amide bonds. The highest BCUT2D eigenvalue weighted by atomic mass is 32.2. The Morgan fingerprint density at radius 3 is 2.57 bits per heavy atom. The average molecular weight is 323 g/mol. The van der Waals surface area contributed by atoms with Crippen molar-refractivity contribution in [3.05, 3.63) is 71.9 Å². The van der Waals surface area contributed by atoms with E-state index in [1.807, 2.05) is 54.6 Å². The molecule has 2 N–H and O–H groups in total. The minimum Gasteiger partial charge on any atom is -0.319 e. The van der Waals surface area contributed by atoms with Crippen LogP contribution in [0.25, 0.3) is 11.3 Å². The van der Waals surface area contributed by atoms with E-state index in [1.54, 1.807) is 18.0 Å². The molecule has 0 spiro atoms. The van der Waals surface area contributed by atoms with Crippen LogP contribution in [0.3, 0.4) is 0 Å². The van der Waals surface area contributed by atoms with E-state index in [4.69, 9.17) is 0 Å². The summed E-state index contributed by atoms with van der Waals surface area (Å²) in [5, 5.41) is 9.90. The molecule has 3 aromatic rings. The first-order chi connectivity index (χ1) is 11.3. The van der Waals surface area contributed by atoms with Crippen molar-refractivity contribution in [3.8, 4) is 11.3 Å². The molecule has 0 radical (unpaired) electrons. The lowest BCUT2D eigenvalue weighted by atomic mass is 10.1. The summed E-state index contributed by atoms with van der Waals surface area (Å²) in [6.45, 7) is 0. The highest BCUT2D eigenvalue weighted by Gasteiger charge is 2.12. The lowest BCUT2D eigenvalue weighted by Crippen LogP contribution is -2.12. The van der Waals surface area contributed by atoms with Crippen LogP contribution in [0.4, 0.5) is 5.69 Å². The molecule has 0 aliphatic heterocycles. The van der Waals surface area contributed by atoms with Gasteiger partial charge in [0.05, 0.1) is 17.6 Å². The summed E-state index contributed by atoms with van der Waals surface area (Å²) in [7, 11) is 0. The molecule has 23 heavy (non-hydrogen) atoms. The molecule has 0 saturated heterocycles. The molecule has 1 aromatic heterocycles. The van der Waals surface area contributed by atoms with Gasteiger partial charge in [-0.25, -0.2) is 0 Å². The van der Waals surface area contributed by atoms with Gasteiger partial charge in [0.25, 0.3) is 5.91 Å². The Balaban J connectivity index is 1.77. The molecule has 2 aromatic carbocycles. The largest absolute Gasteiger partial charge is 0.319 e. The first-order valence-corrected chi connectivity index (χ1v) is 8.65. The lowest BCUT2D eigenvalue weighted by Gasteiger charge is -2.07. The number of hydrogen-bond acceptors (Lipinski definition) is 3. The minimum absolute atomic E-state index is 0.140. The van der Waals surface area contributed by atoms with Crippen molar-refractivity contribution in [2.75, 3.05) is 11.6 Å². The van der Waals surface area contributed by atoms with Crippen LogP contribution in [0.1, 0.15) is 15.9 Å². The molecule has 5 heteroatoms. The van der Waals surface area contributed by atoms with Gasteiger partial charge in [0, 0.05) is 16.9 Å². The van der Waals surface area contributed by atoms with Crippen molar-refractivity contribution in [1.82, 2.24) is 10.2 Å². The molecule has 0 aliphatic carbocycles. The summed E-state index contributed by atoms with van der Waals surface area (Å²) < 4.78 is 0. The normalized spacial score (nSPS) is 10.5. The van der Waals surface area contributed by atoms with Crippen LogP contribution in [-0.4, -0.2) is 22.4 Å². The van der Waals surface area contributed by atoms with Crippen LogP contribution in [-0.2, 0) is 5.75 Å². The maximum absolute atomic E-state index is 12.4. The number of amides is 1. The predicted octanol–water partition coefficient (Wildman–Crippen LogP) is 4.19. The molecule has 0 atom stereocenters. The third-order valence-electron chi connectivity index (χ3n) is 3.48. The molecule has 116 valence electrons. The Morgan fingerprint density at radius 1 is 1.13 bits per heavy atom. The Labute approximate surface area is 139 Å². The topological polar surface area (TPSA) is 57.8 Å². The second-order valence-corrected chi connectivity index (χ2v) is 5.97.